The van der Waals surface area contributed by atoms with Crippen molar-refractivity contribution in [3.05, 3.63) is 53.1 Å². The Morgan fingerprint density at radius 3 is 2.46 bits per heavy atom. The second-order valence-electron chi connectivity index (χ2n) is 6.37. The first kappa shape index (κ1) is 18.3. The molecule has 0 amide bonds. The van der Waals surface area contributed by atoms with Crippen molar-refractivity contribution in [2.75, 3.05) is 27.4 Å². The first-order chi connectivity index (χ1) is 12.7. The molecule has 0 fully saturated rings. The van der Waals surface area contributed by atoms with Crippen LogP contribution >= 0.6 is 0 Å². The molecule has 2 aromatic rings. The molecule has 5 nitrogen and oxygen atoms in total. The number of hydrogen-bond donors (Lipinski definition) is 1. The number of methoxy groups -OCH3 is 2. The molecule has 26 heavy (non-hydrogen) atoms. The van der Waals surface area contributed by atoms with Gasteiger partial charge < -0.3 is 14.2 Å². The maximum Gasteiger partial charge on any atom is 0.257 e. The largest absolute Gasteiger partial charge is 0.497 e. The second-order valence-corrected chi connectivity index (χ2v) is 6.37. The standard InChI is InChI=1S/C21H26NO4/c1-15-20(26-14-13-24-2)12-7-16-5-4-6-19(21(15)16)22(23)17-8-10-18(25-3)11-9-17/h7-12,23H,4-6,13-14H2,1-3H3/q+1/b22-19-. The van der Waals surface area contributed by atoms with E-state index in [9.17, 15) is 5.21 Å². The molecule has 0 aromatic heterocycles. The highest BCUT2D eigenvalue weighted by Gasteiger charge is 2.29. The van der Waals surface area contributed by atoms with Gasteiger partial charge in [0, 0.05) is 36.0 Å². The molecule has 5 heteroatoms. The van der Waals surface area contributed by atoms with E-state index in [0.29, 0.717) is 13.2 Å². The predicted octanol–water partition coefficient (Wildman–Crippen LogP) is 3.89. The van der Waals surface area contributed by atoms with Crippen LogP contribution in [-0.2, 0) is 11.2 Å². The van der Waals surface area contributed by atoms with Gasteiger partial charge in [0.1, 0.15) is 18.1 Å². The third-order valence-electron chi connectivity index (χ3n) is 4.77. The summed E-state index contributed by atoms with van der Waals surface area (Å²) in [4.78, 5) is 0. The summed E-state index contributed by atoms with van der Waals surface area (Å²) in [6.45, 7) is 3.10. The summed E-state index contributed by atoms with van der Waals surface area (Å²) in [6, 6.07) is 11.5. The molecule has 3 rings (SSSR count). The maximum absolute atomic E-state index is 10.9. The average Bonchev–Trinajstić information content (AvgIpc) is 2.69. The summed E-state index contributed by atoms with van der Waals surface area (Å²) in [5.74, 6) is 1.60. The highest BCUT2D eigenvalue weighted by atomic mass is 16.5. The van der Waals surface area contributed by atoms with Gasteiger partial charge in [-0.2, -0.15) is 0 Å². The average molecular weight is 356 g/mol. The predicted molar refractivity (Wildman–Crippen MR) is 100 cm³/mol. The molecule has 0 saturated carbocycles. The highest BCUT2D eigenvalue weighted by Crippen LogP contribution is 2.32. The summed E-state index contributed by atoms with van der Waals surface area (Å²) in [6.07, 6.45) is 2.84. The van der Waals surface area contributed by atoms with Crippen molar-refractivity contribution in [1.29, 1.82) is 0 Å². The van der Waals surface area contributed by atoms with Gasteiger partial charge in [0.05, 0.1) is 19.3 Å². The Hall–Kier alpha value is -2.53. The molecule has 0 aliphatic heterocycles. The van der Waals surface area contributed by atoms with Crippen LogP contribution in [0.15, 0.2) is 36.4 Å². The summed E-state index contributed by atoms with van der Waals surface area (Å²) in [5.41, 5.74) is 5.02. The van der Waals surface area contributed by atoms with Gasteiger partial charge in [-0.05, 0) is 43.5 Å². The Kier molecular flexibility index (Phi) is 5.78. The first-order valence-corrected chi connectivity index (χ1v) is 8.89. The maximum atomic E-state index is 10.9. The van der Waals surface area contributed by atoms with Gasteiger partial charge in [-0.1, -0.05) is 6.07 Å². The van der Waals surface area contributed by atoms with Gasteiger partial charge in [-0.15, -0.1) is 0 Å². The molecular weight excluding hydrogens is 330 g/mol. The minimum atomic E-state index is 0.507. The molecule has 2 aromatic carbocycles. The Labute approximate surface area is 154 Å². The smallest absolute Gasteiger partial charge is 0.257 e. The molecule has 138 valence electrons. The summed E-state index contributed by atoms with van der Waals surface area (Å²) in [7, 11) is 3.29. The zero-order valence-corrected chi connectivity index (χ0v) is 15.6. The van der Waals surface area contributed by atoms with E-state index in [1.54, 1.807) is 14.2 Å². The van der Waals surface area contributed by atoms with Crippen molar-refractivity contribution in [1.82, 2.24) is 0 Å². The molecule has 0 saturated heterocycles. The van der Waals surface area contributed by atoms with Crippen molar-refractivity contribution < 1.29 is 24.2 Å². The molecule has 1 aliphatic rings. The Balaban J connectivity index is 2.01. The monoisotopic (exact) mass is 356 g/mol. The molecule has 1 aliphatic carbocycles. The fourth-order valence-corrected chi connectivity index (χ4v) is 3.41. The van der Waals surface area contributed by atoms with Crippen molar-refractivity contribution in [3.63, 3.8) is 0 Å². The van der Waals surface area contributed by atoms with Crippen LogP contribution in [0, 0.1) is 6.92 Å². The second kappa shape index (κ2) is 8.23. The van der Waals surface area contributed by atoms with E-state index in [2.05, 4.69) is 6.07 Å². The summed E-state index contributed by atoms with van der Waals surface area (Å²) >= 11 is 0. The SMILES string of the molecule is COCCOc1ccc2c(c1C)/C(=[N+](\O)c1ccc(OC)cc1)CCC2. The Morgan fingerprint density at radius 1 is 1.00 bits per heavy atom. The molecule has 0 bridgehead atoms. The number of aryl methyl sites for hydroxylation is 1. The summed E-state index contributed by atoms with van der Waals surface area (Å²) < 4.78 is 17.4. The van der Waals surface area contributed by atoms with E-state index in [0.717, 1.165) is 53.3 Å². The number of ether oxygens (including phenoxy) is 3. The van der Waals surface area contributed by atoms with E-state index in [4.69, 9.17) is 14.2 Å². The molecule has 0 spiro atoms. The van der Waals surface area contributed by atoms with Crippen LogP contribution in [0.4, 0.5) is 5.69 Å². The lowest BCUT2D eigenvalue weighted by Gasteiger charge is -2.19. The van der Waals surface area contributed by atoms with Crippen LogP contribution in [0.25, 0.3) is 0 Å². The number of nitrogens with zero attached hydrogens (tertiary/aromatic N) is 1. The highest BCUT2D eigenvalue weighted by molar-refractivity contribution is 6.01. The molecule has 0 heterocycles. The van der Waals surface area contributed by atoms with Gasteiger partial charge in [0.15, 0.2) is 0 Å². The van der Waals surface area contributed by atoms with Crippen LogP contribution in [0.3, 0.4) is 0 Å². The van der Waals surface area contributed by atoms with E-state index >= 15 is 0 Å². The van der Waals surface area contributed by atoms with Gasteiger partial charge in [0.25, 0.3) is 5.69 Å². The Bertz CT molecular complexity index is 796. The summed E-state index contributed by atoms with van der Waals surface area (Å²) in [5, 5.41) is 10.9. The van der Waals surface area contributed by atoms with E-state index in [1.165, 1.54) is 10.3 Å². The zero-order valence-electron chi connectivity index (χ0n) is 15.6. The molecule has 0 atom stereocenters. The van der Waals surface area contributed by atoms with Gasteiger partial charge in [-0.25, -0.2) is 0 Å². The third-order valence-corrected chi connectivity index (χ3v) is 4.77. The van der Waals surface area contributed by atoms with E-state index in [-0.39, 0.29) is 0 Å². The topological polar surface area (TPSA) is 50.9 Å². The normalized spacial score (nSPS) is 15.3. The lowest BCUT2D eigenvalue weighted by atomic mass is 9.86. The van der Waals surface area contributed by atoms with E-state index in [1.807, 2.05) is 37.3 Å². The fourth-order valence-electron chi connectivity index (χ4n) is 3.41. The van der Waals surface area contributed by atoms with Crippen molar-refractivity contribution in [2.45, 2.75) is 26.2 Å². The number of fused-ring (bicyclic) bond motifs is 1. The molecule has 0 radical (unpaired) electrons. The van der Waals surface area contributed by atoms with Crippen LogP contribution in [0.2, 0.25) is 0 Å². The number of rotatable bonds is 6. The van der Waals surface area contributed by atoms with Gasteiger partial charge in [0.2, 0.25) is 5.71 Å². The van der Waals surface area contributed by atoms with Crippen LogP contribution in [0.1, 0.15) is 29.5 Å². The third kappa shape index (κ3) is 3.68. The molecular formula is C21H26NO4+. The lowest BCUT2D eigenvalue weighted by Crippen LogP contribution is -2.22. The van der Waals surface area contributed by atoms with E-state index < -0.39 is 0 Å². The quantitative estimate of drug-likeness (QED) is 0.369. The minimum absolute atomic E-state index is 0.507. The lowest BCUT2D eigenvalue weighted by molar-refractivity contribution is -0.713. The molecule has 0 unspecified atom stereocenters. The van der Waals surface area contributed by atoms with Crippen LogP contribution in [0.5, 0.6) is 11.5 Å². The van der Waals surface area contributed by atoms with Gasteiger partial charge in [-0.3, -0.25) is 5.21 Å². The zero-order chi connectivity index (χ0) is 18.5. The van der Waals surface area contributed by atoms with Crippen LogP contribution < -0.4 is 9.47 Å². The number of benzene rings is 2. The minimum Gasteiger partial charge on any atom is -0.497 e. The number of hydrogen-bond acceptors (Lipinski definition) is 4. The first-order valence-electron chi connectivity index (χ1n) is 8.89. The molecule has 1 N–H and O–H groups in total. The Morgan fingerprint density at radius 2 is 1.77 bits per heavy atom. The fraction of sp³-hybridized carbons (Fsp3) is 0.381. The van der Waals surface area contributed by atoms with Crippen molar-refractivity contribution in [3.8, 4) is 11.5 Å². The van der Waals surface area contributed by atoms with Gasteiger partial charge >= 0.3 is 0 Å². The van der Waals surface area contributed by atoms with Crippen molar-refractivity contribution in [2.24, 2.45) is 0 Å². The van der Waals surface area contributed by atoms with Crippen LogP contribution in [-0.4, -0.2) is 43.1 Å². The van der Waals surface area contributed by atoms with Crippen molar-refractivity contribution >= 4 is 11.4 Å².